The van der Waals surface area contributed by atoms with Gasteiger partial charge in [0, 0.05) is 36.5 Å². The summed E-state index contributed by atoms with van der Waals surface area (Å²) < 4.78 is 5.97. The number of morpholine rings is 1. The van der Waals surface area contributed by atoms with E-state index in [4.69, 9.17) is 4.74 Å². The minimum Gasteiger partial charge on any atom is -0.374 e. The maximum Gasteiger partial charge on any atom is 0.0829 e. The fourth-order valence-electron chi connectivity index (χ4n) is 3.92. The maximum absolute atomic E-state index is 5.97. The van der Waals surface area contributed by atoms with Crippen LogP contribution in [-0.4, -0.2) is 65.6 Å². The Morgan fingerprint density at radius 2 is 1.94 bits per heavy atom. The summed E-state index contributed by atoms with van der Waals surface area (Å²) in [5.41, 5.74) is 0. The van der Waals surface area contributed by atoms with Gasteiger partial charge in [0.2, 0.25) is 0 Å². The monoisotopic (exact) mass is 316 g/mol. The Hall–Kier alpha value is 0.360. The first kappa shape index (κ1) is 13.3. The number of likely N-dealkylation sites (N-methyl/N-ethyl adjacent to an activating group) is 1. The molecule has 0 aliphatic carbocycles. The molecule has 3 heterocycles. The Bertz CT molecular complexity index is 275. The van der Waals surface area contributed by atoms with Gasteiger partial charge in [-0.2, -0.15) is 0 Å². The molecule has 3 aliphatic rings. The largest absolute Gasteiger partial charge is 0.374 e. The molecule has 0 amide bonds. The Kier molecular flexibility index (Phi) is 4.28. The summed E-state index contributed by atoms with van der Waals surface area (Å²) in [6.07, 6.45) is 5.91. The summed E-state index contributed by atoms with van der Waals surface area (Å²) in [4.78, 5) is 6.03. The van der Waals surface area contributed by atoms with E-state index in [1.54, 1.807) is 0 Å². The van der Waals surface area contributed by atoms with Crippen LogP contribution in [0.3, 0.4) is 0 Å². The van der Waals surface area contributed by atoms with E-state index in [1.165, 1.54) is 25.7 Å². The van der Waals surface area contributed by atoms with Gasteiger partial charge in [-0.3, -0.25) is 9.80 Å². The highest BCUT2D eigenvalue weighted by molar-refractivity contribution is 9.09. The third-order valence-corrected chi connectivity index (χ3v) is 5.66. The van der Waals surface area contributed by atoms with Crippen molar-refractivity contribution in [1.29, 1.82) is 0 Å². The van der Waals surface area contributed by atoms with Crippen molar-refractivity contribution in [3.8, 4) is 0 Å². The number of hydrogen-bond acceptors (Lipinski definition) is 3. The van der Waals surface area contributed by atoms with Crippen LogP contribution in [0.15, 0.2) is 0 Å². The van der Waals surface area contributed by atoms with E-state index in [-0.39, 0.29) is 0 Å². The zero-order valence-corrected chi connectivity index (χ0v) is 12.9. The number of fused-ring (bicyclic) bond motifs is 2. The van der Waals surface area contributed by atoms with Crippen LogP contribution in [0.2, 0.25) is 0 Å². The molecule has 3 aliphatic heterocycles. The molecule has 104 valence electrons. The molecule has 3 unspecified atom stereocenters. The predicted octanol–water partition coefficient (Wildman–Crippen LogP) is 2.10. The van der Waals surface area contributed by atoms with E-state index in [2.05, 4.69) is 32.7 Å². The first-order valence-corrected chi connectivity index (χ1v) is 8.41. The van der Waals surface area contributed by atoms with Crippen molar-refractivity contribution in [2.24, 2.45) is 0 Å². The van der Waals surface area contributed by atoms with Gasteiger partial charge in [0.25, 0.3) is 0 Å². The molecule has 0 aromatic carbocycles. The number of halogens is 1. The van der Waals surface area contributed by atoms with Gasteiger partial charge in [0.05, 0.1) is 12.7 Å². The number of nitrogens with zero attached hydrogens (tertiary/aromatic N) is 2. The lowest BCUT2D eigenvalue weighted by molar-refractivity contribution is -0.0518. The second-order valence-electron chi connectivity index (χ2n) is 6.04. The molecule has 0 radical (unpaired) electrons. The normalized spacial score (nSPS) is 42.3. The van der Waals surface area contributed by atoms with Crippen molar-refractivity contribution >= 4 is 15.9 Å². The first-order valence-electron chi connectivity index (χ1n) is 7.50. The Morgan fingerprint density at radius 3 is 2.61 bits per heavy atom. The standard InChI is InChI=1S/C14H25BrN2O/c1-2-16-5-6-18-14(9-16)10-17-12-3-4-13(17)8-11(15)7-12/h11-14H,2-10H2,1H3. The van der Waals surface area contributed by atoms with Crippen molar-refractivity contribution < 1.29 is 4.74 Å². The minimum absolute atomic E-state index is 0.439. The average Bonchev–Trinajstić information content (AvgIpc) is 2.62. The second-order valence-corrected chi connectivity index (χ2v) is 7.33. The average molecular weight is 317 g/mol. The first-order chi connectivity index (χ1) is 8.76. The van der Waals surface area contributed by atoms with Crippen LogP contribution in [0.4, 0.5) is 0 Å². The predicted molar refractivity (Wildman–Crippen MR) is 77.3 cm³/mol. The molecule has 3 nitrogen and oxygen atoms in total. The van der Waals surface area contributed by atoms with Crippen LogP contribution in [0.25, 0.3) is 0 Å². The molecule has 3 atom stereocenters. The lowest BCUT2D eigenvalue weighted by atomic mass is 10.0. The Labute approximate surface area is 119 Å². The van der Waals surface area contributed by atoms with Crippen LogP contribution in [0, 0.1) is 0 Å². The van der Waals surface area contributed by atoms with E-state index in [0.717, 1.165) is 49.7 Å². The quantitative estimate of drug-likeness (QED) is 0.742. The molecule has 0 aromatic heterocycles. The van der Waals surface area contributed by atoms with E-state index in [0.29, 0.717) is 6.10 Å². The maximum atomic E-state index is 5.97. The fourth-order valence-corrected chi connectivity index (χ4v) is 4.78. The highest BCUT2D eigenvalue weighted by Crippen LogP contribution is 2.38. The lowest BCUT2D eigenvalue weighted by Gasteiger charge is -2.41. The molecule has 0 aromatic rings. The van der Waals surface area contributed by atoms with Crippen molar-refractivity contribution in [1.82, 2.24) is 9.80 Å². The summed E-state index contributed by atoms with van der Waals surface area (Å²) in [5, 5.41) is 0. The fraction of sp³-hybridized carbons (Fsp3) is 1.00. The second kappa shape index (κ2) is 5.78. The summed E-state index contributed by atoms with van der Waals surface area (Å²) in [6, 6.07) is 1.63. The molecule has 0 saturated carbocycles. The smallest absolute Gasteiger partial charge is 0.0829 e. The van der Waals surface area contributed by atoms with Crippen LogP contribution in [-0.2, 0) is 4.74 Å². The van der Waals surface area contributed by atoms with Crippen molar-refractivity contribution in [2.75, 3.05) is 32.8 Å². The van der Waals surface area contributed by atoms with Gasteiger partial charge >= 0.3 is 0 Å². The van der Waals surface area contributed by atoms with Crippen molar-refractivity contribution in [3.63, 3.8) is 0 Å². The van der Waals surface area contributed by atoms with Gasteiger partial charge in [-0.25, -0.2) is 0 Å². The summed E-state index contributed by atoms with van der Waals surface area (Å²) in [5.74, 6) is 0. The number of hydrogen-bond donors (Lipinski definition) is 0. The third-order valence-electron chi connectivity index (χ3n) is 4.91. The zero-order valence-electron chi connectivity index (χ0n) is 11.4. The minimum atomic E-state index is 0.439. The Balaban J connectivity index is 1.56. The SMILES string of the molecule is CCN1CCOC(CN2C3CCC2CC(Br)C3)C1. The summed E-state index contributed by atoms with van der Waals surface area (Å²) in [6.45, 7) is 7.74. The molecule has 0 spiro atoms. The highest BCUT2D eigenvalue weighted by atomic mass is 79.9. The van der Waals surface area contributed by atoms with Crippen LogP contribution >= 0.6 is 15.9 Å². The van der Waals surface area contributed by atoms with Crippen LogP contribution in [0.5, 0.6) is 0 Å². The molecule has 2 bridgehead atoms. The topological polar surface area (TPSA) is 15.7 Å². The van der Waals surface area contributed by atoms with Crippen LogP contribution in [0.1, 0.15) is 32.6 Å². The molecular formula is C14H25BrN2O. The lowest BCUT2D eigenvalue weighted by Crippen LogP contribution is -2.52. The number of rotatable bonds is 3. The zero-order chi connectivity index (χ0) is 12.5. The number of ether oxygens (including phenoxy) is 1. The van der Waals surface area contributed by atoms with Gasteiger partial charge in [0.15, 0.2) is 0 Å². The van der Waals surface area contributed by atoms with Gasteiger partial charge in [-0.15, -0.1) is 0 Å². The molecule has 0 N–H and O–H groups in total. The Morgan fingerprint density at radius 1 is 1.22 bits per heavy atom. The highest BCUT2D eigenvalue weighted by Gasteiger charge is 2.41. The van der Waals surface area contributed by atoms with Gasteiger partial charge in [-0.1, -0.05) is 22.9 Å². The molecule has 3 fully saturated rings. The van der Waals surface area contributed by atoms with Crippen molar-refractivity contribution in [2.45, 2.75) is 55.6 Å². The van der Waals surface area contributed by atoms with E-state index in [9.17, 15) is 0 Å². The van der Waals surface area contributed by atoms with Gasteiger partial charge < -0.3 is 4.74 Å². The van der Waals surface area contributed by atoms with E-state index >= 15 is 0 Å². The third kappa shape index (κ3) is 2.77. The van der Waals surface area contributed by atoms with E-state index < -0.39 is 0 Å². The number of alkyl halides is 1. The van der Waals surface area contributed by atoms with Gasteiger partial charge in [-0.05, 0) is 32.2 Å². The van der Waals surface area contributed by atoms with E-state index in [1.807, 2.05) is 0 Å². The number of piperidine rings is 1. The molecule has 3 saturated heterocycles. The molecule has 4 heteroatoms. The summed E-state index contributed by atoms with van der Waals surface area (Å²) in [7, 11) is 0. The molecule has 3 rings (SSSR count). The molecular weight excluding hydrogens is 292 g/mol. The molecule has 18 heavy (non-hydrogen) atoms. The summed E-state index contributed by atoms with van der Waals surface area (Å²) >= 11 is 3.82. The van der Waals surface area contributed by atoms with Crippen molar-refractivity contribution in [3.05, 3.63) is 0 Å². The van der Waals surface area contributed by atoms with Gasteiger partial charge in [0.1, 0.15) is 0 Å². The van der Waals surface area contributed by atoms with Crippen LogP contribution < -0.4 is 0 Å².